The Balaban J connectivity index is 1.50. The van der Waals surface area contributed by atoms with Gasteiger partial charge in [-0.05, 0) is 29.8 Å². The first-order valence-electron chi connectivity index (χ1n) is 8.03. The lowest BCUT2D eigenvalue weighted by Crippen LogP contribution is -2.36. The zero-order chi connectivity index (χ0) is 17.6. The molecule has 0 atom stereocenters. The summed E-state index contributed by atoms with van der Waals surface area (Å²) in [6.45, 7) is 1.05. The van der Waals surface area contributed by atoms with Crippen LogP contribution >= 0.6 is 23.4 Å². The maximum Gasteiger partial charge on any atom is 0.227 e. The first-order chi connectivity index (χ1) is 12.1. The molecular weight excluding hydrogens is 358 g/mol. The highest BCUT2D eigenvalue weighted by molar-refractivity contribution is 7.99. The number of aromatic nitrogens is 1. The molecular formula is C18H18ClN3O2S. The number of nitrogens with zero attached hydrogens (tertiary/aromatic N) is 2. The maximum atomic E-state index is 12.5. The fourth-order valence-corrected chi connectivity index (χ4v) is 3.75. The third-order valence-electron chi connectivity index (χ3n) is 3.84. The van der Waals surface area contributed by atoms with Crippen molar-refractivity contribution in [2.24, 2.45) is 0 Å². The van der Waals surface area contributed by atoms with E-state index in [4.69, 9.17) is 11.6 Å². The summed E-state index contributed by atoms with van der Waals surface area (Å²) in [7, 11) is 0. The average molecular weight is 376 g/mol. The molecule has 2 heterocycles. The number of thioether (sulfide) groups is 1. The highest BCUT2D eigenvalue weighted by atomic mass is 35.5. The van der Waals surface area contributed by atoms with E-state index in [1.807, 2.05) is 30.3 Å². The third-order valence-corrected chi connectivity index (χ3v) is 5.05. The lowest BCUT2D eigenvalue weighted by molar-refractivity contribution is -0.125. The molecule has 0 saturated heterocycles. The number of fused-ring (bicyclic) bond motifs is 1. The number of anilines is 1. The van der Waals surface area contributed by atoms with Crippen molar-refractivity contribution in [3.63, 3.8) is 0 Å². The molecule has 1 aromatic heterocycles. The van der Waals surface area contributed by atoms with Crippen molar-refractivity contribution in [3.8, 4) is 0 Å². The maximum absolute atomic E-state index is 12.5. The molecule has 2 aromatic rings. The van der Waals surface area contributed by atoms with Gasteiger partial charge >= 0.3 is 0 Å². The van der Waals surface area contributed by atoms with Gasteiger partial charge in [-0.1, -0.05) is 23.7 Å². The summed E-state index contributed by atoms with van der Waals surface area (Å²) < 4.78 is 0. The van der Waals surface area contributed by atoms with Gasteiger partial charge in [-0.15, -0.1) is 11.8 Å². The number of hydrogen-bond donors (Lipinski definition) is 1. The van der Waals surface area contributed by atoms with Crippen molar-refractivity contribution in [2.75, 3.05) is 17.2 Å². The molecule has 7 heteroatoms. The number of carbonyl (C=O) groups excluding carboxylic acids is 2. The van der Waals surface area contributed by atoms with Crippen molar-refractivity contribution in [2.45, 2.75) is 24.4 Å². The quantitative estimate of drug-likeness (QED) is 0.871. The molecule has 2 amide bonds. The normalized spacial score (nSPS) is 13.2. The summed E-state index contributed by atoms with van der Waals surface area (Å²) in [6.07, 6.45) is 2.07. The van der Waals surface area contributed by atoms with Gasteiger partial charge in [0.1, 0.15) is 5.03 Å². The Morgan fingerprint density at radius 1 is 1.24 bits per heavy atom. The van der Waals surface area contributed by atoms with Crippen LogP contribution in [0.25, 0.3) is 0 Å². The van der Waals surface area contributed by atoms with Gasteiger partial charge in [0.25, 0.3) is 0 Å². The van der Waals surface area contributed by atoms with Crippen molar-refractivity contribution in [3.05, 3.63) is 53.2 Å². The summed E-state index contributed by atoms with van der Waals surface area (Å²) in [4.78, 5) is 30.5. The Morgan fingerprint density at radius 3 is 2.96 bits per heavy atom. The van der Waals surface area contributed by atoms with E-state index in [2.05, 4.69) is 10.3 Å². The standard InChI is InChI=1S/C18H18ClN3O2S/c19-14-4-1-3-13(11-14)12-21-16(23)6-7-17(24)22-9-10-25-18-15(22)5-2-8-20-18/h1-5,8,11H,6-7,9-10,12H2,(H,21,23). The van der Waals surface area contributed by atoms with Gasteiger partial charge in [0.2, 0.25) is 11.8 Å². The highest BCUT2D eigenvalue weighted by Gasteiger charge is 2.23. The van der Waals surface area contributed by atoms with E-state index in [9.17, 15) is 9.59 Å². The van der Waals surface area contributed by atoms with Crippen LogP contribution in [-0.2, 0) is 16.1 Å². The van der Waals surface area contributed by atoms with Crippen LogP contribution in [-0.4, -0.2) is 29.1 Å². The topological polar surface area (TPSA) is 62.3 Å². The molecule has 130 valence electrons. The number of benzene rings is 1. The van der Waals surface area contributed by atoms with Crippen LogP contribution in [0.5, 0.6) is 0 Å². The first kappa shape index (κ1) is 17.8. The van der Waals surface area contributed by atoms with Crippen LogP contribution in [0.2, 0.25) is 5.02 Å². The van der Waals surface area contributed by atoms with Crippen LogP contribution in [0.1, 0.15) is 18.4 Å². The minimum Gasteiger partial charge on any atom is -0.352 e. The number of pyridine rings is 1. The zero-order valence-electron chi connectivity index (χ0n) is 13.6. The Labute approximate surface area is 155 Å². The zero-order valence-corrected chi connectivity index (χ0v) is 15.1. The van der Waals surface area contributed by atoms with E-state index in [1.54, 1.807) is 28.9 Å². The molecule has 1 aromatic carbocycles. The van der Waals surface area contributed by atoms with Crippen LogP contribution in [0, 0.1) is 0 Å². The first-order valence-corrected chi connectivity index (χ1v) is 9.39. The van der Waals surface area contributed by atoms with Gasteiger partial charge in [0.15, 0.2) is 0 Å². The second-order valence-corrected chi connectivity index (χ2v) is 7.15. The Bertz CT molecular complexity index is 784. The number of carbonyl (C=O) groups is 2. The number of nitrogens with one attached hydrogen (secondary N) is 1. The molecule has 0 radical (unpaired) electrons. The SMILES string of the molecule is O=C(CCC(=O)N1CCSc2ncccc21)NCc1cccc(Cl)c1. The van der Waals surface area contributed by atoms with Gasteiger partial charge in [-0.25, -0.2) is 4.98 Å². The van der Waals surface area contributed by atoms with Gasteiger partial charge < -0.3 is 10.2 Å². The van der Waals surface area contributed by atoms with E-state index >= 15 is 0 Å². The van der Waals surface area contributed by atoms with E-state index in [0.29, 0.717) is 18.1 Å². The second kappa shape index (κ2) is 8.36. The predicted molar refractivity (Wildman–Crippen MR) is 99.8 cm³/mol. The molecule has 1 aliphatic heterocycles. The summed E-state index contributed by atoms with van der Waals surface area (Å²) in [6, 6.07) is 11.0. The fraction of sp³-hybridized carbons (Fsp3) is 0.278. The lowest BCUT2D eigenvalue weighted by Gasteiger charge is -2.28. The van der Waals surface area contributed by atoms with Crippen molar-refractivity contribution in [1.29, 1.82) is 0 Å². The highest BCUT2D eigenvalue weighted by Crippen LogP contribution is 2.32. The van der Waals surface area contributed by atoms with Gasteiger partial charge in [0, 0.05) is 42.9 Å². The molecule has 5 nitrogen and oxygen atoms in total. The second-order valence-electron chi connectivity index (χ2n) is 5.63. The Hall–Kier alpha value is -2.05. The predicted octanol–water partition coefficient (Wildman–Crippen LogP) is 3.27. The molecule has 1 aliphatic rings. The summed E-state index contributed by atoms with van der Waals surface area (Å²) in [5.74, 6) is 0.620. The molecule has 0 bridgehead atoms. The summed E-state index contributed by atoms with van der Waals surface area (Å²) >= 11 is 7.57. The van der Waals surface area contributed by atoms with Crippen molar-refractivity contribution in [1.82, 2.24) is 10.3 Å². The molecule has 0 aliphatic carbocycles. The van der Waals surface area contributed by atoms with Gasteiger partial charge in [-0.2, -0.15) is 0 Å². The molecule has 25 heavy (non-hydrogen) atoms. The van der Waals surface area contributed by atoms with Crippen LogP contribution in [0.15, 0.2) is 47.6 Å². The molecule has 0 saturated carbocycles. The summed E-state index contributed by atoms with van der Waals surface area (Å²) in [5.41, 5.74) is 1.77. The van der Waals surface area contributed by atoms with Crippen LogP contribution < -0.4 is 10.2 Å². The van der Waals surface area contributed by atoms with Gasteiger partial charge in [-0.3, -0.25) is 9.59 Å². The molecule has 1 N–H and O–H groups in total. The lowest BCUT2D eigenvalue weighted by atomic mass is 10.2. The Kier molecular flexibility index (Phi) is 5.94. The third kappa shape index (κ3) is 4.74. The van der Waals surface area contributed by atoms with E-state index in [1.165, 1.54) is 0 Å². The molecule has 0 fully saturated rings. The number of halogens is 1. The molecule has 0 unspecified atom stereocenters. The minimum absolute atomic E-state index is 0.0487. The van der Waals surface area contributed by atoms with Crippen LogP contribution in [0.3, 0.4) is 0 Å². The van der Waals surface area contributed by atoms with Crippen LogP contribution in [0.4, 0.5) is 5.69 Å². The number of amides is 2. The van der Waals surface area contributed by atoms with E-state index < -0.39 is 0 Å². The smallest absolute Gasteiger partial charge is 0.227 e. The summed E-state index contributed by atoms with van der Waals surface area (Å²) in [5, 5.41) is 4.32. The van der Waals surface area contributed by atoms with Gasteiger partial charge in [0.05, 0.1) is 5.69 Å². The monoisotopic (exact) mass is 375 g/mol. The number of hydrogen-bond acceptors (Lipinski definition) is 4. The minimum atomic E-state index is -0.147. The molecule has 0 spiro atoms. The fourth-order valence-electron chi connectivity index (χ4n) is 2.60. The molecule has 3 rings (SSSR count). The Morgan fingerprint density at radius 2 is 2.12 bits per heavy atom. The largest absolute Gasteiger partial charge is 0.352 e. The number of rotatable bonds is 5. The van der Waals surface area contributed by atoms with E-state index in [0.717, 1.165) is 22.0 Å². The van der Waals surface area contributed by atoms with Crippen molar-refractivity contribution < 1.29 is 9.59 Å². The van der Waals surface area contributed by atoms with E-state index in [-0.39, 0.29) is 24.7 Å². The van der Waals surface area contributed by atoms with Crippen molar-refractivity contribution >= 4 is 40.9 Å². The average Bonchev–Trinajstić information content (AvgIpc) is 2.64.